The second-order valence-electron chi connectivity index (χ2n) is 3.31. The summed E-state index contributed by atoms with van der Waals surface area (Å²) in [5, 5.41) is 11.1. The molecule has 1 aromatic heterocycles. The Kier molecular flexibility index (Phi) is 1.85. The molecule has 6 nitrogen and oxygen atoms in total. The molecule has 0 bridgehead atoms. The number of nitrogens with zero attached hydrogens (tertiary/aromatic N) is 1. The average molecular weight is 208 g/mol. The number of hydrogen-bond acceptors (Lipinski definition) is 3. The third-order valence-corrected chi connectivity index (χ3v) is 2.44. The Balaban J connectivity index is 2.56. The van der Waals surface area contributed by atoms with Gasteiger partial charge in [-0.15, -0.1) is 0 Å². The van der Waals surface area contributed by atoms with Crippen LogP contribution in [0.5, 0.6) is 0 Å². The highest BCUT2D eigenvalue weighted by molar-refractivity contribution is 6.17. The monoisotopic (exact) mass is 208 g/mol. The molecular formula is C9H8N2O4. The highest BCUT2D eigenvalue weighted by Gasteiger charge is 2.54. The van der Waals surface area contributed by atoms with Crippen molar-refractivity contribution < 1.29 is 19.5 Å². The van der Waals surface area contributed by atoms with E-state index in [2.05, 4.69) is 0 Å². The number of imide groups is 1. The number of carbonyl (C=O) groups excluding carboxylic acids is 2. The van der Waals surface area contributed by atoms with Crippen LogP contribution in [0.2, 0.25) is 0 Å². The first kappa shape index (κ1) is 9.45. The van der Waals surface area contributed by atoms with Crippen LogP contribution in [0.15, 0.2) is 24.5 Å². The summed E-state index contributed by atoms with van der Waals surface area (Å²) in [6.45, 7) is 0. The summed E-state index contributed by atoms with van der Waals surface area (Å²) in [6, 6.07) is 3.20. The first-order valence-corrected chi connectivity index (χ1v) is 4.28. The molecule has 0 saturated carbocycles. The zero-order chi connectivity index (χ0) is 11.1. The zero-order valence-corrected chi connectivity index (χ0v) is 7.64. The zero-order valence-electron chi connectivity index (χ0n) is 7.64. The summed E-state index contributed by atoms with van der Waals surface area (Å²) < 4.78 is 1.23. The fourth-order valence-corrected chi connectivity index (χ4v) is 1.67. The largest absolute Gasteiger partial charge is 0.479 e. The molecule has 0 aromatic carbocycles. The second-order valence-corrected chi connectivity index (χ2v) is 3.31. The molecule has 6 heteroatoms. The van der Waals surface area contributed by atoms with Gasteiger partial charge in [0.1, 0.15) is 0 Å². The van der Waals surface area contributed by atoms with Crippen molar-refractivity contribution in [2.75, 3.05) is 0 Å². The van der Waals surface area contributed by atoms with Gasteiger partial charge in [0, 0.05) is 12.4 Å². The maximum absolute atomic E-state index is 11.5. The van der Waals surface area contributed by atoms with Crippen LogP contribution in [0.25, 0.3) is 0 Å². The quantitative estimate of drug-likeness (QED) is 0.497. The first-order valence-electron chi connectivity index (χ1n) is 4.28. The highest BCUT2D eigenvalue weighted by Crippen LogP contribution is 2.26. The Bertz CT molecular complexity index is 437. The van der Waals surface area contributed by atoms with E-state index in [1.54, 1.807) is 12.1 Å². The van der Waals surface area contributed by atoms with Crippen molar-refractivity contribution in [3.8, 4) is 0 Å². The van der Waals surface area contributed by atoms with E-state index in [0.717, 1.165) is 0 Å². The normalized spacial score (nSPS) is 25.3. The van der Waals surface area contributed by atoms with Gasteiger partial charge in [0.05, 0.1) is 6.42 Å². The van der Waals surface area contributed by atoms with E-state index in [-0.39, 0.29) is 6.42 Å². The molecular weight excluding hydrogens is 200 g/mol. The maximum Gasteiger partial charge on any atom is 0.340 e. The van der Waals surface area contributed by atoms with Crippen LogP contribution in [0.1, 0.15) is 6.42 Å². The van der Waals surface area contributed by atoms with Gasteiger partial charge in [-0.05, 0) is 12.1 Å². The van der Waals surface area contributed by atoms with Crippen molar-refractivity contribution >= 4 is 17.8 Å². The molecule has 78 valence electrons. The molecule has 0 unspecified atom stereocenters. The lowest BCUT2D eigenvalue weighted by atomic mass is 9.97. The molecule has 1 aromatic rings. The van der Waals surface area contributed by atoms with Crippen molar-refractivity contribution in [1.82, 2.24) is 9.88 Å². The third-order valence-electron chi connectivity index (χ3n) is 2.44. The molecule has 0 spiro atoms. The molecule has 1 atom stereocenters. The molecule has 0 aliphatic carbocycles. The number of aliphatic carboxylic acids is 1. The number of carboxylic acid groups (broad SMARTS) is 1. The van der Waals surface area contributed by atoms with Crippen LogP contribution >= 0.6 is 0 Å². The topological polar surface area (TPSA) is 88.4 Å². The average Bonchev–Trinajstić information content (AvgIpc) is 2.72. The fraction of sp³-hybridized carbons (Fsp3) is 0.222. The molecule has 0 radical (unpaired) electrons. The predicted octanol–water partition coefficient (Wildman–Crippen LogP) is -0.686. The van der Waals surface area contributed by atoms with Crippen molar-refractivity contribution in [1.29, 1.82) is 0 Å². The Morgan fingerprint density at radius 1 is 1.40 bits per heavy atom. The minimum Gasteiger partial charge on any atom is -0.479 e. The summed E-state index contributed by atoms with van der Waals surface area (Å²) >= 11 is 0. The fourth-order valence-electron chi connectivity index (χ4n) is 1.67. The van der Waals surface area contributed by atoms with Gasteiger partial charge < -0.3 is 9.67 Å². The number of nitrogens with one attached hydrogen (secondary N) is 1. The van der Waals surface area contributed by atoms with Gasteiger partial charge in [-0.25, -0.2) is 4.79 Å². The van der Waals surface area contributed by atoms with Gasteiger partial charge in [0.25, 0.3) is 5.91 Å². The SMILES string of the molecule is O=C1C[C@](C(=O)O)(n2cccc2)C(=O)N1. The molecule has 15 heavy (non-hydrogen) atoms. The Hall–Kier alpha value is -2.11. The van der Waals surface area contributed by atoms with Gasteiger partial charge >= 0.3 is 5.97 Å². The smallest absolute Gasteiger partial charge is 0.340 e. The molecule has 1 fully saturated rings. The Morgan fingerprint density at radius 2 is 2.00 bits per heavy atom. The van der Waals surface area contributed by atoms with Crippen LogP contribution < -0.4 is 5.32 Å². The van der Waals surface area contributed by atoms with Crippen molar-refractivity contribution in [2.45, 2.75) is 12.0 Å². The number of rotatable bonds is 2. The van der Waals surface area contributed by atoms with Crippen molar-refractivity contribution in [2.24, 2.45) is 0 Å². The lowest BCUT2D eigenvalue weighted by Gasteiger charge is -2.21. The molecule has 1 saturated heterocycles. The molecule has 2 amide bonds. The minimum absolute atomic E-state index is 0.365. The number of carboxylic acids is 1. The van der Waals surface area contributed by atoms with Gasteiger partial charge in [-0.2, -0.15) is 0 Å². The van der Waals surface area contributed by atoms with E-state index >= 15 is 0 Å². The molecule has 2 N–H and O–H groups in total. The third kappa shape index (κ3) is 1.14. The summed E-state index contributed by atoms with van der Waals surface area (Å²) in [7, 11) is 0. The highest BCUT2D eigenvalue weighted by atomic mass is 16.4. The number of carbonyl (C=O) groups is 3. The molecule has 1 aliphatic heterocycles. The second kappa shape index (κ2) is 2.94. The number of aromatic nitrogens is 1. The lowest BCUT2D eigenvalue weighted by Crippen LogP contribution is -2.47. The summed E-state index contributed by atoms with van der Waals surface area (Å²) in [5.41, 5.74) is -1.82. The Morgan fingerprint density at radius 3 is 2.40 bits per heavy atom. The number of amides is 2. The van der Waals surface area contributed by atoms with E-state index < -0.39 is 23.3 Å². The van der Waals surface area contributed by atoms with Crippen LogP contribution in [0, 0.1) is 0 Å². The van der Waals surface area contributed by atoms with Crippen LogP contribution in [-0.2, 0) is 19.9 Å². The van der Waals surface area contributed by atoms with Crippen molar-refractivity contribution in [3.63, 3.8) is 0 Å². The van der Waals surface area contributed by atoms with Crippen molar-refractivity contribution in [3.05, 3.63) is 24.5 Å². The summed E-state index contributed by atoms with van der Waals surface area (Å²) in [4.78, 5) is 33.7. The maximum atomic E-state index is 11.5. The predicted molar refractivity (Wildman–Crippen MR) is 47.8 cm³/mol. The van der Waals surface area contributed by atoms with E-state index in [0.29, 0.717) is 0 Å². The van der Waals surface area contributed by atoms with Gasteiger partial charge in [0.15, 0.2) is 0 Å². The minimum atomic E-state index is -1.82. The Labute approximate surface area is 84.5 Å². The van der Waals surface area contributed by atoms with Crippen LogP contribution in [0.4, 0.5) is 0 Å². The first-order chi connectivity index (χ1) is 7.07. The van der Waals surface area contributed by atoms with E-state index in [1.807, 2.05) is 5.32 Å². The molecule has 2 rings (SSSR count). The van der Waals surface area contributed by atoms with E-state index in [4.69, 9.17) is 5.11 Å². The summed E-state index contributed by atoms with van der Waals surface area (Å²) in [5.74, 6) is -2.70. The van der Waals surface area contributed by atoms with E-state index in [1.165, 1.54) is 17.0 Å². The van der Waals surface area contributed by atoms with Crippen LogP contribution in [0.3, 0.4) is 0 Å². The van der Waals surface area contributed by atoms with Gasteiger partial charge in [-0.3, -0.25) is 14.9 Å². The van der Waals surface area contributed by atoms with Gasteiger partial charge in [0.2, 0.25) is 11.4 Å². The molecule has 2 heterocycles. The lowest BCUT2D eigenvalue weighted by molar-refractivity contribution is -0.152. The van der Waals surface area contributed by atoms with E-state index in [9.17, 15) is 14.4 Å². The van der Waals surface area contributed by atoms with Gasteiger partial charge in [-0.1, -0.05) is 0 Å². The number of hydrogen-bond donors (Lipinski definition) is 2. The van der Waals surface area contributed by atoms with Crippen LogP contribution in [-0.4, -0.2) is 27.5 Å². The summed E-state index contributed by atoms with van der Waals surface area (Å²) in [6.07, 6.45) is 2.54. The standard InChI is InChI=1S/C9H8N2O4/c12-6-5-9(8(14)15,7(13)10-6)11-3-1-2-4-11/h1-4H,5H2,(H,14,15)(H,10,12,13)/t9-/m0/s1. The molecule has 1 aliphatic rings.